The third-order valence-corrected chi connectivity index (χ3v) is 3.11. The number of rotatable bonds is 3. The van der Waals surface area contributed by atoms with E-state index in [0.29, 0.717) is 17.0 Å². The monoisotopic (exact) mass is 283 g/mol. The Morgan fingerprint density at radius 2 is 2.19 bits per heavy atom. The van der Waals surface area contributed by atoms with Gasteiger partial charge in [0.25, 0.3) is 5.91 Å². The summed E-state index contributed by atoms with van der Waals surface area (Å²) in [5.74, 6) is 0.296. The number of fused-ring (bicyclic) bond motifs is 1. The lowest BCUT2D eigenvalue weighted by atomic mass is 10.2. The second-order valence-electron chi connectivity index (χ2n) is 4.62. The van der Waals surface area contributed by atoms with Crippen LogP contribution in [0.5, 0.6) is 0 Å². The highest BCUT2D eigenvalue weighted by Gasteiger charge is 2.16. The largest absolute Gasteiger partial charge is 0.342 e. The summed E-state index contributed by atoms with van der Waals surface area (Å²) in [6, 6.07) is 8.03. The van der Waals surface area contributed by atoms with Crippen molar-refractivity contribution in [2.45, 2.75) is 13.0 Å². The molecule has 0 aliphatic carbocycles. The zero-order valence-electron chi connectivity index (χ0n) is 11.3. The standard InChI is InChI=1S/C14H13N5O2/c1-9(13-18-17-11-4-2-3-7-19(11)13)16-14(21)10-5-6-15-12(20)8-10/h2-9H,1H3,(H,15,20)(H,16,21). The van der Waals surface area contributed by atoms with Gasteiger partial charge >= 0.3 is 0 Å². The predicted octanol–water partition coefficient (Wildman–Crippen LogP) is 0.909. The van der Waals surface area contributed by atoms with Gasteiger partial charge in [0, 0.05) is 24.0 Å². The normalized spacial score (nSPS) is 12.2. The van der Waals surface area contributed by atoms with Gasteiger partial charge in [-0.05, 0) is 25.1 Å². The molecule has 1 amide bonds. The molecule has 0 aliphatic heterocycles. The molecular weight excluding hydrogens is 270 g/mol. The third kappa shape index (κ3) is 2.53. The van der Waals surface area contributed by atoms with Crippen LogP contribution in [0, 0.1) is 0 Å². The first-order chi connectivity index (χ1) is 10.1. The molecule has 1 unspecified atom stereocenters. The molecule has 21 heavy (non-hydrogen) atoms. The minimum absolute atomic E-state index is 0.305. The molecule has 0 saturated heterocycles. The van der Waals surface area contributed by atoms with E-state index in [1.807, 2.05) is 35.7 Å². The van der Waals surface area contributed by atoms with E-state index >= 15 is 0 Å². The molecule has 0 aromatic carbocycles. The first-order valence-electron chi connectivity index (χ1n) is 6.44. The van der Waals surface area contributed by atoms with Crippen molar-refractivity contribution in [3.63, 3.8) is 0 Å². The SMILES string of the molecule is CC(NC(=O)c1cc[nH]c(=O)c1)c1nnc2ccccn12. The average Bonchev–Trinajstić information content (AvgIpc) is 2.91. The van der Waals surface area contributed by atoms with Gasteiger partial charge in [0.05, 0.1) is 6.04 Å². The fraction of sp³-hybridized carbons (Fsp3) is 0.143. The van der Waals surface area contributed by atoms with Crippen molar-refractivity contribution in [2.24, 2.45) is 0 Å². The van der Waals surface area contributed by atoms with E-state index in [2.05, 4.69) is 20.5 Å². The lowest BCUT2D eigenvalue weighted by molar-refractivity contribution is 0.0938. The Hall–Kier alpha value is -2.96. The van der Waals surface area contributed by atoms with Crippen LogP contribution in [-0.2, 0) is 0 Å². The first-order valence-corrected chi connectivity index (χ1v) is 6.44. The Morgan fingerprint density at radius 3 is 3.00 bits per heavy atom. The molecule has 0 bridgehead atoms. The highest BCUT2D eigenvalue weighted by molar-refractivity contribution is 5.94. The van der Waals surface area contributed by atoms with Gasteiger partial charge in [-0.2, -0.15) is 0 Å². The molecule has 7 heteroatoms. The van der Waals surface area contributed by atoms with Crippen LogP contribution < -0.4 is 10.9 Å². The van der Waals surface area contributed by atoms with Crippen LogP contribution in [0.3, 0.4) is 0 Å². The van der Waals surface area contributed by atoms with Gasteiger partial charge in [-0.3, -0.25) is 14.0 Å². The van der Waals surface area contributed by atoms with E-state index in [9.17, 15) is 9.59 Å². The van der Waals surface area contributed by atoms with Crippen LogP contribution in [0.2, 0.25) is 0 Å². The molecule has 0 fully saturated rings. The number of pyridine rings is 2. The van der Waals surface area contributed by atoms with Gasteiger partial charge < -0.3 is 10.3 Å². The van der Waals surface area contributed by atoms with Crippen LogP contribution in [0.25, 0.3) is 5.65 Å². The lowest BCUT2D eigenvalue weighted by Gasteiger charge is -2.12. The summed E-state index contributed by atoms with van der Waals surface area (Å²) >= 11 is 0. The van der Waals surface area contributed by atoms with Gasteiger partial charge in [0.15, 0.2) is 11.5 Å². The quantitative estimate of drug-likeness (QED) is 0.747. The number of aromatic amines is 1. The highest BCUT2D eigenvalue weighted by Crippen LogP contribution is 2.12. The van der Waals surface area contributed by atoms with Crippen molar-refractivity contribution in [2.75, 3.05) is 0 Å². The summed E-state index contributed by atoms with van der Waals surface area (Å²) < 4.78 is 1.81. The number of hydrogen-bond donors (Lipinski definition) is 2. The molecule has 106 valence electrons. The van der Waals surface area contributed by atoms with Gasteiger partial charge in [0.1, 0.15) is 0 Å². The van der Waals surface area contributed by atoms with Crippen molar-refractivity contribution in [1.82, 2.24) is 24.9 Å². The summed E-state index contributed by atoms with van der Waals surface area (Å²) in [7, 11) is 0. The molecule has 0 radical (unpaired) electrons. The van der Waals surface area contributed by atoms with Gasteiger partial charge in [-0.1, -0.05) is 6.07 Å². The van der Waals surface area contributed by atoms with E-state index in [1.54, 1.807) is 6.07 Å². The van der Waals surface area contributed by atoms with Gasteiger partial charge in [-0.25, -0.2) is 0 Å². The van der Waals surface area contributed by atoms with Crippen molar-refractivity contribution < 1.29 is 4.79 Å². The van der Waals surface area contributed by atoms with Crippen molar-refractivity contribution >= 4 is 11.6 Å². The zero-order chi connectivity index (χ0) is 14.8. The number of nitrogens with one attached hydrogen (secondary N) is 2. The molecular formula is C14H13N5O2. The predicted molar refractivity (Wildman–Crippen MR) is 75.9 cm³/mol. The molecule has 7 nitrogen and oxygen atoms in total. The number of hydrogen-bond acceptors (Lipinski definition) is 4. The summed E-state index contributed by atoms with van der Waals surface area (Å²) in [5.41, 5.74) is 0.701. The number of H-pyrrole nitrogens is 1. The van der Waals surface area contributed by atoms with E-state index in [4.69, 9.17) is 0 Å². The van der Waals surface area contributed by atoms with Gasteiger partial charge in [0.2, 0.25) is 5.56 Å². The van der Waals surface area contributed by atoms with Crippen LogP contribution in [0.1, 0.15) is 29.1 Å². The maximum Gasteiger partial charge on any atom is 0.252 e. The molecule has 3 rings (SSSR count). The topological polar surface area (TPSA) is 92.1 Å². The van der Waals surface area contributed by atoms with Crippen LogP contribution in [-0.4, -0.2) is 25.5 Å². The number of carbonyl (C=O) groups is 1. The third-order valence-electron chi connectivity index (χ3n) is 3.11. The summed E-state index contributed by atoms with van der Waals surface area (Å²) in [6.45, 7) is 1.81. The summed E-state index contributed by atoms with van der Waals surface area (Å²) in [6.07, 6.45) is 3.27. The molecule has 3 aromatic heterocycles. The zero-order valence-corrected chi connectivity index (χ0v) is 11.3. The number of carbonyl (C=O) groups excluding carboxylic acids is 1. The van der Waals surface area contributed by atoms with Crippen LogP contribution in [0.4, 0.5) is 0 Å². The maximum atomic E-state index is 12.1. The van der Waals surface area contributed by atoms with Crippen molar-refractivity contribution in [3.05, 3.63) is 64.5 Å². The molecule has 3 aromatic rings. The molecule has 3 heterocycles. The second kappa shape index (κ2) is 5.20. The molecule has 0 saturated carbocycles. The smallest absolute Gasteiger partial charge is 0.252 e. The van der Waals surface area contributed by atoms with E-state index in [1.165, 1.54) is 12.3 Å². The number of amides is 1. The fourth-order valence-electron chi connectivity index (χ4n) is 2.09. The highest BCUT2D eigenvalue weighted by atomic mass is 16.2. The molecule has 1 atom stereocenters. The number of nitrogens with zero attached hydrogens (tertiary/aromatic N) is 3. The minimum Gasteiger partial charge on any atom is -0.342 e. The Morgan fingerprint density at radius 1 is 1.33 bits per heavy atom. The molecule has 0 spiro atoms. The Labute approximate surface area is 119 Å². The molecule has 2 N–H and O–H groups in total. The van der Waals surface area contributed by atoms with Crippen molar-refractivity contribution in [1.29, 1.82) is 0 Å². The Bertz CT molecular complexity index is 851. The van der Waals surface area contributed by atoms with Crippen LogP contribution in [0.15, 0.2) is 47.5 Å². The van der Waals surface area contributed by atoms with Crippen molar-refractivity contribution in [3.8, 4) is 0 Å². The minimum atomic E-state index is -0.339. The average molecular weight is 283 g/mol. The Kier molecular flexibility index (Phi) is 3.23. The summed E-state index contributed by atoms with van der Waals surface area (Å²) in [5, 5.41) is 10.9. The van der Waals surface area contributed by atoms with Crippen LogP contribution >= 0.6 is 0 Å². The van der Waals surface area contributed by atoms with E-state index in [-0.39, 0.29) is 17.5 Å². The fourth-order valence-corrected chi connectivity index (χ4v) is 2.09. The second-order valence-corrected chi connectivity index (χ2v) is 4.62. The first kappa shape index (κ1) is 13.0. The van der Waals surface area contributed by atoms with E-state index < -0.39 is 0 Å². The summed E-state index contributed by atoms with van der Waals surface area (Å²) in [4.78, 5) is 25.8. The molecule has 0 aliphatic rings. The van der Waals surface area contributed by atoms with E-state index in [0.717, 1.165) is 0 Å². The number of aromatic nitrogens is 4. The lowest BCUT2D eigenvalue weighted by Crippen LogP contribution is -2.28. The Balaban J connectivity index is 1.84. The van der Waals surface area contributed by atoms with Gasteiger partial charge in [-0.15, -0.1) is 10.2 Å². The maximum absolute atomic E-state index is 12.1.